The zero-order chi connectivity index (χ0) is 13.8. The minimum absolute atomic E-state index is 0.401. The molecule has 3 nitrogen and oxygen atoms in total. The van der Waals surface area contributed by atoms with Crippen molar-refractivity contribution >= 4 is 0 Å². The molecule has 2 unspecified atom stereocenters. The molecule has 0 aliphatic carbocycles. The summed E-state index contributed by atoms with van der Waals surface area (Å²) in [7, 11) is 1.99. The van der Waals surface area contributed by atoms with Crippen molar-refractivity contribution in [3.8, 4) is 11.1 Å². The Morgan fingerprint density at radius 1 is 0.950 bits per heavy atom. The van der Waals surface area contributed by atoms with Gasteiger partial charge in [0.1, 0.15) is 0 Å². The third-order valence-electron chi connectivity index (χ3n) is 3.85. The van der Waals surface area contributed by atoms with Crippen LogP contribution in [0.3, 0.4) is 0 Å². The van der Waals surface area contributed by atoms with Gasteiger partial charge >= 0.3 is 0 Å². The Bertz CT molecular complexity index is 536. The fraction of sp³-hybridized carbons (Fsp3) is 0.294. The van der Waals surface area contributed by atoms with Crippen LogP contribution in [0.1, 0.15) is 18.0 Å². The molecule has 2 aromatic rings. The van der Waals surface area contributed by atoms with Crippen LogP contribution in [0.25, 0.3) is 11.1 Å². The van der Waals surface area contributed by atoms with Crippen LogP contribution in [0.15, 0.2) is 54.6 Å². The second-order valence-electron chi connectivity index (χ2n) is 5.32. The molecule has 3 N–H and O–H groups in total. The van der Waals surface area contributed by atoms with Crippen LogP contribution in [0.2, 0.25) is 0 Å². The van der Waals surface area contributed by atoms with E-state index in [0.717, 1.165) is 13.0 Å². The second kappa shape index (κ2) is 6.18. The molecule has 0 saturated carbocycles. The van der Waals surface area contributed by atoms with Gasteiger partial charge in [0.05, 0.1) is 0 Å². The molecular formula is C17H21N3. The van der Waals surface area contributed by atoms with E-state index in [9.17, 15) is 0 Å². The number of nitrogens with one attached hydrogen (secondary N) is 3. The van der Waals surface area contributed by atoms with Gasteiger partial charge in [0.25, 0.3) is 0 Å². The zero-order valence-electron chi connectivity index (χ0n) is 11.8. The minimum atomic E-state index is 0.401. The molecule has 1 heterocycles. The average molecular weight is 267 g/mol. The molecule has 2 aromatic carbocycles. The molecule has 3 rings (SSSR count). The number of rotatable bonds is 4. The highest BCUT2D eigenvalue weighted by molar-refractivity contribution is 5.63. The second-order valence-corrected chi connectivity index (χ2v) is 5.32. The van der Waals surface area contributed by atoms with E-state index < -0.39 is 0 Å². The third-order valence-corrected chi connectivity index (χ3v) is 3.85. The van der Waals surface area contributed by atoms with E-state index in [1.807, 2.05) is 13.1 Å². The summed E-state index contributed by atoms with van der Waals surface area (Å²) in [5.41, 5.74) is 10.6. The van der Waals surface area contributed by atoms with E-state index in [4.69, 9.17) is 0 Å². The topological polar surface area (TPSA) is 36.1 Å². The Balaban J connectivity index is 1.71. The van der Waals surface area contributed by atoms with Crippen LogP contribution in [0.4, 0.5) is 0 Å². The lowest BCUT2D eigenvalue weighted by Gasteiger charge is -2.11. The molecule has 20 heavy (non-hydrogen) atoms. The maximum absolute atomic E-state index is 3.38. The zero-order valence-corrected chi connectivity index (χ0v) is 11.8. The fourth-order valence-electron chi connectivity index (χ4n) is 2.76. The van der Waals surface area contributed by atoms with Crippen molar-refractivity contribution in [3.63, 3.8) is 0 Å². The average Bonchev–Trinajstić information content (AvgIpc) is 2.97. The molecule has 0 amide bonds. The van der Waals surface area contributed by atoms with Gasteiger partial charge in [-0.1, -0.05) is 54.6 Å². The van der Waals surface area contributed by atoms with Crippen molar-refractivity contribution in [2.75, 3.05) is 13.6 Å². The highest BCUT2D eigenvalue weighted by atomic mass is 15.4. The van der Waals surface area contributed by atoms with Crippen LogP contribution in [-0.2, 0) is 0 Å². The molecule has 0 aromatic heterocycles. The smallest absolute Gasteiger partial charge is 0.0478 e. The number of hydrogen-bond acceptors (Lipinski definition) is 3. The summed E-state index contributed by atoms with van der Waals surface area (Å²) in [4.78, 5) is 0. The maximum atomic E-state index is 3.38. The summed E-state index contributed by atoms with van der Waals surface area (Å²) in [5.74, 6) is 0. The maximum Gasteiger partial charge on any atom is 0.0478 e. The molecule has 1 fully saturated rings. The highest BCUT2D eigenvalue weighted by Gasteiger charge is 2.24. The molecule has 0 bridgehead atoms. The SMILES string of the molecule is CNCC1CC(c2ccc(-c3ccccc3)cc2)NN1. The first-order valence-corrected chi connectivity index (χ1v) is 7.18. The van der Waals surface area contributed by atoms with Crippen LogP contribution >= 0.6 is 0 Å². The van der Waals surface area contributed by atoms with E-state index in [1.165, 1.54) is 16.7 Å². The minimum Gasteiger partial charge on any atom is -0.318 e. The van der Waals surface area contributed by atoms with Gasteiger partial charge in [-0.2, -0.15) is 0 Å². The Kier molecular flexibility index (Phi) is 4.11. The van der Waals surface area contributed by atoms with Crippen molar-refractivity contribution < 1.29 is 0 Å². The molecule has 104 valence electrons. The van der Waals surface area contributed by atoms with Gasteiger partial charge in [0, 0.05) is 18.6 Å². The number of hydrogen-bond donors (Lipinski definition) is 3. The standard InChI is InChI=1S/C17H21N3/c1-18-12-16-11-17(20-19-16)15-9-7-14(8-10-15)13-5-3-2-4-6-13/h2-10,16-20H,11-12H2,1H3. The van der Waals surface area contributed by atoms with Gasteiger partial charge in [-0.25, -0.2) is 5.43 Å². The Hall–Kier alpha value is -1.68. The predicted molar refractivity (Wildman–Crippen MR) is 83.2 cm³/mol. The number of benzene rings is 2. The summed E-state index contributed by atoms with van der Waals surface area (Å²) >= 11 is 0. The monoisotopic (exact) mass is 267 g/mol. The fourth-order valence-corrected chi connectivity index (χ4v) is 2.76. The van der Waals surface area contributed by atoms with Gasteiger partial charge in [0.2, 0.25) is 0 Å². The van der Waals surface area contributed by atoms with Crippen molar-refractivity contribution in [3.05, 3.63) is 60.2 Å². The van der Waals surface area contributed by atoms with Crippen molar-refractivity contribution in [2.45, 2.75) is 18.5 Å². The molecule has 0 spiro atoms. The molecule has 3 heteroatoms. The van der Waals surface area contributed by atoms with Gasteiger partial charge in [-0.15, -0.1) is 0 Å². The number of hydrazine groups is 1. The van der Waals surface area contributed by atoms with E-state index in [-0.39, 0.29) is 0 Å². The van der Waals surface area contributed by atoms with Crippen LogP contribution in [-0.4, -0.2) is 19.6 Å². The third kappa shape index (κ3) is 2.90. The largest absolute Gasteiger partial charge is 0.318 e. The van der Waals surface area contributed by atoms with Gasteiger partial charge < -0.3 is 5.32 Å². The van der Waals surface area contributed by atoms with Gasteiger partial charge in [-0.05, 0) is 30.2 Å². The quantitative estimate of drug-likeness (QED) is 0.796. The molecular weight excluding hydrogens is 246 g/mol. The van der Waals surface area contributed by atoms with Gasteiger partial charge in [0.15, 0.2) is 0 Å². The molecule has 0 radical (unpaired) electrons. The number of likely N-dealkylation sites (N-methyl/N-ethyl adjacent to an activating group) is 1. The van der Waals surface area contributed by atoms with Crippen LogP contribution < -0.4 is 16.2 Å². The van der Waals surface area contributed by atoms with Crippen LogP contribution in [0, 0.1) is 0 Å². The Morgan fingerprint density at radius 2 is 1.65 bits per heavy atom. The van der Waals surface area contributed by atoms with E-state index >= 15 is 0 Å². The van der Waals surface area contributed by atoms with Crippen molar-refractivity contribution in [1.29, 1.82) is 0 Å². The molecule has 1 aliphatic rings. The highest BCUT2D eigenvalue weighted by Crippen LogP contribution is 2.25. The van der Waals surface area contributed by atoms with Crippen molar-refractivity contribution in [2.24, 2.45) is 0 Å². The predicted octanol–water partition coefficient (Wildman–Crippen LogP) is 2.48. The first-order valence-electron chi connectivity index (χ1n) is 7.18. The summed E-state index contributed by atoms with van der Waals surface area (Å²) in [5, 5.41) is 3.21. The van der Waals surface area contributed by atoms with E-state index in [1.54, 1.807) is 0 Å². The Morgan fingerprint density at radius 3 is 2.35 bits per heavy atom. The lowest BCUT2D eigenvalue weighted by Crippen LogP contribution is -2.36. The van der Waals surface area contributed by atoms with Crippen molar-refractivity contribution in [1.82, 2.24) is 16.2 Å². The Labute approximate surface area is 120 Å². The first-order chi connectivity index (χ1) is 9.86. The first kappa shape index (κ1) is 13.3. The van der Waals surface area contributed by atoms with E-state index in [2.05, 4.69) is 64.7 Å². The lowest BCUT2D eigenvalue weighted by atomic mass is 9.98. The molecule has 1 saturated heterocycles. The summed E-state index contributed by atoms with van der Waals surface area (Å²) < 4.78 is 0. The van der Waals surface area contributed by atoms with E-state index in [0.29, 0.717) is 12.1 Å². The normalized spacial score (nSPS) is 22.1. The summed E-state index contributed by atoms with van der Waals surface area (Å²) in [6, 6.07) is 20.3. The lowest BCUT2D eigenvalue weighted by molar-refractivity contribution is 0.524. The molecule has 1 aliphatic heterocycles. The summed E-state index contributed by atoms with van der Waals surface area (Å²) in [6.45, 7) is 0.992. The van der Waals surface area contributed by atoms with Crippen LogP contribution in [0.5, 0.6) is 0 Å². The summed E-state index contributed by atoms with van der Waals surface area (Å²) in [6.07, 6.45) is 1.12. The van der Waals surface area contributed by atoms with Gasteiger partial charge in [-0.3, -0.25) is 5.43 Å². The molecule has 2 atom stereocenters.